The Morgan fingerprint density at radius 2 is 1.82 bits per heavy atom. The molecule has 0 unspecified atom stereocenters. The molecule has 0 saturated carbocycles. The van der Waals surface area contributed by atoms with Crippen LogP contribution in [-0.2, 0) is 21.4 Å². The first-order valence-electron chi connectivity index (χ1n) is 10.6. The summed E-state index contributed by atoms with van der Waals surface area (Å²) in [4.78, 5) is 18.2. The van der Waals surface area contributed by atoms with Crippen LogP contribution in [0.25, 0.3) is 10.2 Å². The molecule has 2 aromatic carbocycles. The highest BCUT2D eigenvalue weighted by molar-refractivity contribution is 7.89. The molecule has 6 nitrogen and oxygen atoms in total. The van der Waals surface area contributed by atoms with Crippen molar-refractivity contribution in [2.75, 3.05) is 13.1 Å². The Morgan fingerprint density at radius 3 is 2.45 bits per heavy atom. The Bertz CT molecular complexity index is 1420. The number of fused-ring (bicyclic) bond motifs is 1. The van der Waals surface area contributed by atoms with Crippen LogP contribution in [0.1, 0.15) is 24.0 Å². The summed E-state index contributed by atoms with van der Waals surface area (Å²) in [5.74, 6) is 2.09. The molecule has 1 aliphatic heterocycles. The number of carbonyl (C=O) groups is 1. The van der Waals surface area contributed by atoms with Crippen LogP contribution in [-0.4, -0.2) is 36.3 Å². The fraction of sp³-hybridized carbons (Fsp3) is 0.333. The second kappa shape index (κ2) is 9.43. The number of hydrogen-bond donors (Lipinski definition) is 0. The van der Waals surface area contributed by atoms with Crippen molar-refractivity contribution in [2.45, 2.75) is 38.1 Å². The molecule has 9 heteroatoms. The number of benzene rings is 2. The second-order valence-electron chi connectivity index (χ2n) is 8.16. The Kier molecular flexibility index (Phi) is 6.78. The van der Waals surface area contributed by atoms with Crippen LogP contribution in [0.4, 0.5) is 0 Å². The van der Waals surface area contributed by atoms with Crippen LogP contribution in [0, 0.1) is 32.1 Å². The molecule has 172 valence electrons. The molecule has 2 heterocycles. The number of thiazole rings is 1. The maximum Gasteiger partial charge on any atom is 0.251 e. The number of nitrogens with zero attached hydrogens (tertiary/aromatic N) is 3. The molecule has 0 N–H and O–H groups in total. The molecule has 0 spiro atoms. The quantitative estimate of drug-likeness (QED) is 0.504. The van der Waals surface area contributed by atoms with E-state index in [-0.39, 0.29) is 29.8 Å². The van der Waals surface area contributed by atoms with E-state index in [1.807, 2.05) is 18.4 Å². The smallest absolute Gasteiger partial charge is 0.251 e. The minimum absolute atomic E-state index is 0.201. The molecule has 0 aliphatic carbocycles. The number of carbonyl (C=O) groups excluding carboxylic acids is 1. The zero-order chi connectivity index (χ0) is 23.8. The van der Waals surface area contributed by atoms with Gasteiger partial charge in [-0.3, -0.25) is 4.79 Å². The van der Waals surface area contributed by atoms with E-state index in [0.29, 0.717) is 29.2 Å². The molecule has 1 fully saturated rings. The maximum absolute atomic E-state index is 13.0. The Morgan fingerprint density at radius 1 is 1.18 bits per heavy atom. The minimum Gasteiger partial charge on any atom is -0.305 e. The third kappa shape index (κ3) is 4.78. The van der Waals surface area contributed by atoms with Gasteiger partial charge in [0.2, 0.25) is 10.0 Å². The number of rotatable bonds is 4. The van der Waals surface area contributed by atoms with Crippen molar-refractivity contribution in [2.24, 2.45) is 10.9 Å². The Labute approximate surface area is 202 Å². The number of amides is 1. The van der Waals surface area contributed by atoms with Gasteiger partial charge in [0.05, 0.1) is 21.7 Å². The van der Waals surface area contributed by atoms with Crippen molar-refractivity contribution < 1.29 is 13.2 Å². The fourth-order valence-corrected chi connectivity index (χ4v) is 6.65. The van der Waals surface area contributed by atoms with Gasteiger partial charge >= 0.3 is 0 Å². The first kappa shape index (κ1) is 23.7. The summed E-state index contributed by atoms with van der Waals surface area (Å²) >= 11 is 7.32. The van der Waals surface area contributed by atoms with E-state index in [1.165, 1.54) is 33.3 Å². The zero-order valence-corrected chi connectivity index (χ0v) is 20.8. The molecular formula is C24H24ClN3O3S2. The Hall–Kier alpha value is -2.44. The van der Waals surface area contributed by atoms with E-state index in [2.05, 4.69) is 23.0 Å². The van der Waals surface area contributed by atoms with Crippen molar-refractivity contribution in [1.29, 1.82) is 0 Å². The SMILES string of the molecule is C#CCn1c(=NC(=O)C2CCN(S(=O)(=O)c3ccc(Cl)cc3)CC2)sc2cc(C)c(C)cc21. The molecule has 0 atom stereocenters. The van der Waals surface area contributed by atoms with Crippen LogP contribution in [0.2, 0.25) is 5.02 Å². The van der Waals surface area contributed by atoms with E-state index in [0.717, 1.165) is 15.8 Å². The molecule has 1 aromatic heterocycles. The van der Waals surface area contributed by atoms with Crippen molar-refractivity contribution >= 4 is 49.1 Å². The van der Waals surface area contributed by atoms with Gasteiger partial charge in [0.25, 0.3) is 5.91 Å². The number of aromatic nitrogens is 1. The molecule has 4 rings (SSSR count). The van der Waals surface area contributed by atoms with Gasteiger partial charge in [-0.05, 0) is 74.2 Å². The van der Waals surface area contributed by atoms with Crippen molar-refractivity contribution in [3.63, 3.8) is 0 Å². The van der Waals surface area contributed by atoms with Gasteiger partial charge in [-0.15, -0.1) is 6.42 Å². The summed E-state index contributed by atoms with van der Waals surface area (Å²) in [5, 5.41) is 0.480. The lowest BCUT2D eigenvalue weighted by Gasteiger charge is -2.29. The molecule has 1 amide bonds. The number of terminal acetylenes is 1. The van der Waals surface area contributed by atoms with Gasteiger partial charge in [-0.1, -0.05) is 28.9 Å². The summed E-state index contributed by atoms with van der Waals surface area (Å²) in [6, 6.07) is 10.3. The zero-order valence-electron chi connectivity index (χ0n) is 18.4. The minimum atomic E-state index is -3.62. The summed E-state index contributed by atoms with van der Waals surface area (Å²) in [5.41, 5.74) is 3.29. The van der Waals surface area contributed by atoms with E-state index >= 15 is 0 Å². The first-order chi connectivity index (χ1) is 15.7. The monoisotopic (exact) mass is 501 g/mol. The third-order valence-electron chi connectivity index (χ3n) is 6.01. The molecule has 33 heavy (non-hydrogen) atoms. The molecule has 3 aromatic rings. The van der Waals surface area contributed by atoms with Gasteiger partial charge in [0.15, 0.2) is 4.80 Å². The van der Waals surface area contributed by atoms with Crippen LogP contribution in [0.15, 0.2) is 46.3 Å². The van der Waals surface area contributed by atoms with Gasteiger partial charge in [-0.2, -0.15) is 9.30 Å². The molecule has 0 bridgehead atoms. The summed E-state index contributed by atoms with van der Waals surface area (Å²) in [6.07, 6.45) is 6.42. The van der Waals surface area contributed by atoms with E-state index in [1.54, 1.807) is 12.1 Å². The highest BCUT2D eigenvalue weighted by Crippen LogP contribution is 2.26. The lowest BCUT2D eigenvalue weighted by Crippen LogP contribution is -2.40. The van der Waals surface area contributed by atoms with Crippen molar-refractivity contribution in [3.05, 3.63) is 57.3 Å². The average Bonchev–Trinajstić information content (AvgIpc) is 3.10. The largest absolute Gasteiger partial charge is 0.305 e. The lowest BCUT2D eigenvalue weighted by molar-refractivity contribution is -0.122. The topological polar surface area (TPSA) is 71.7 Å². The van der Waals surface area contributed by atoms with Crippen LogP contribution < -0.4 is 4.80 Å². The predicted molar refractivity (Wildman–Crippen MR) is 132 cm³/mol. The van der Waals surface area contributed by atoms with Gasteiger partial charge in [-0.25, -0.2) is 8.42 Å². The van der Waals surface area contributed by atoms with Gasteiger partial charge in [0.1, 0.15) is 0 Å². The summed E-state index contributed by atoms with van der Waals surface area (Å²) in [7, 11) is -3.62. The van der Waals surface area contributed by atoms with E-state index in [9.17, 15) is 13.2 Å². The summed E-state index contributed by atoms with van der Waals surface area (Å²) < 4.78 is 30.1. The van der Waals surface area contributed by atoms with E-state index in [4.69, 9.17) is 18.0 Å². The van der Waals surface area contributed by atoms with Crippen LogP contribution in [0.3, 0.4) is 0 Å². The summed E-state index contributed by atoms with van der Waals surface area (Å²) in [6.45, 7) is 4.96. The third-order valence-corrected chi connectivity index (χ3v) is 9.21. The van der Waals surface area contributed by atoms with Crippen molar-refractivity contribution in [3.8, 4) is 12.3 Å². The molecule has 1 saturated heterocycles. The number of aryl methyl sites for hydroxylation is 2. The van der Waals surface area contributed by atoms with Crippen LogP contribution in [0.5, 0.6) is 0 Å². The number of piperidine rings is 1. The van der Waals surface area contributed by atoms with Gasteiger partial charge in [0, 0.05) is 24.0 Å². The second-order valence-corrected chi connectivity index (χ2v) is 11.5. The molecule has 1 aliphatic rings. The number of halogens is 1. The highest BCUT2D eigenvalue weighted by atomic mass is 35.5. The first-order valence-corrected chi connectivity index (χ1v) is 13.2. The standard InChI is InChI=1S/C24H24ClN3O3S2/c1-4-11-28-21-14-16(2)17(3)15-22(21)32-24(28)26-23(29)18-9-12-27(13-10-18)33(30,31)20-7-5-19(25)6-8-20/h1,5-8,14-15,18H,9-13H2,2-3H3. The van der Waals surface area contributed by atoms with E-state index < -0.39 is 10.0 Å². The predicted octanol–water partition coefficient (Wildman–Crippen LogP) is 4.13. The fourth-order valence-electron chi connectivity index (χ4n) is 3.94. The highest BCUT2D eigenvalue weighted by Gasteiger charge is 2.32. The average molecular weight is 502 g/mol. The van der Waals surface area contributed by atoms with Crippen molar-refractivity contribution in [1.82, 2.24) is 8.87 Å². The number of sulfonamides is 1. The Balaban J connectivity index is 1.55. The van der Waals surface area contributed by atoms with Crippen LogP contribution >= 0.6 is 22.9 Å². The maximum atomic E-state index is 13.0. The molecular weight excluding hydrogens is 478 g/mol. The molecule has 0 radical (unpaired) electrons. The number of hydrogen-bond acceptors (Lipinski definition) is 4. The lowest BCUT2D eigenvalue weighted by atomic mass is 9.98. The van der Waals surface area contributed by atoms with Gasteiger partial charge < -0.3 is 4.57 Å². The normalized spacial score (nSPS) is 16.2.